The van der Waals surface area contributed by atoms with Gasteiger partial charge in [-0.1, -0.05) is 17.4 Å². The van der Waals surface area contributed by atoms with Crippen LogP contribution >= 0.6 is 11.3 Å². The van der Waals surface area contributed by atoms with E-state index >= 15 is 0 Å². The highest BCUT2D eigenvalue weighted by molar-refractivity contribution is 7.22. The van der Waals surface area contributed by atoms with Crippen LogP contribution in [-0.4, -0.2) is 62.2 Å². The molecule has 0 bridgehead atoms. The second kappa shape index (κ2) is 7.14. The van der Waals surface area contributed by atoms with Crippen LogP contribution in [0.25, 0.3) is 10.2 Å². The van der Waals surface area contributed by atoms with E-state index in [1.54, 1.807) is 25.4 Å². The minimum Gasteiger partial charge on any atom is -0.494 e. The van der Waals surface area contributed by atoms with Crippen molar-refractivity contribution in [3.8, 4) is 5.75 Å². The van der Waals surface area contributed by atoms with Crippen LogP contribution in [0.5, 0.6) is 5.75 Å². The number of fused-ring (bicyclic) bond motifs is 1. The number of para-hydroxylation sites is 1. The maximum absolute atomic E-state index is 10.9. The molecule has 0 aliphatic carbocycles. The number of hydrogen-bond donors (Lipinski definition) is 1. The number of carbonyl (C=O) groups excluding carboxylic acids is 1. The fourth-order valence-electron chi connectivity index (χ4n) is 2.76. The molecule has 1 saturated heterocycles. The number of thiazole rings is 1. The fraction of sp³-hybridized carbons (Fsp3) is 0.500. The minimum absolute atomic E-state index is 0.0343. The molecule has 6 nitrogen and oxygen atoms in total. The summed E-state index contributed by atoms with van der Waals surface area (Å²) in [5, 5.41) is 3.91. The van der Waals surface area contributed by atoms with E-state index in [1.165, 1.54) is 0 Å². The Hall–Kier alpha value is -1.86. The molecule has 2 aromatic rings. The molecule has 1 amide bonds. The van der Waals surface area contributed by atoms with Crippen molar-refractivity contribution in [2.75, 3.05) is 51.3 Å². The molecule has 3 rings (SSSR count). The van der Waals surface area contributed by atoms with E-state index in [2.05, 4.69) is 21.2 Å². The third kappa shape index (κ3) is 3.73. The maximum Gasteiger partial charge on any atom is 0.216 e. The van der Waals surface area contributed by atoms with Crippen LogP contribution in [0.3, 0.4) is 0 Å². The quantitative estimate of drug-likeness (QED) is 0.899. The summed E-state index contributed by atoms with van der Waals surface area (Å²) in [5.41, 5.74) is 0.947. The SMILES string of the molecule is COc1cccc2sc(N3CCN(CCNC(C)=O)CC3)nc12. The van der Waals surface area contributed by atoms with Gasteiger partial charge in [0.05, 0.1) is 11.8 Å². The van der Waals surface area contributed by atoms with E-state index in [1.807, 2.05) is 12.1 Å². The summed E-state index contributed by atoms with van der Waals surface area (Å²) in [4.78, 5) is 20.4. The van der Waals surface area contributed by atoms with Crippen LogP contribution < -0.4 is 15.0 Å². The molecular formula is C16H22N4O2S. The Kier molecular flexibility index (Phi) is 4.97. The van der Waals surface area contributed by atoms with Crippen molar-refractivity contribution in [3.63, 3.8) is 0 Å². The lowest BCUT2D eigenvalue weighted by atomic mass is 10.3. The van der Waals surface area contributed by atoms with Crippen molar-refractivity contribution in [2.45, 2.75) is 6.92 Å². The van der Waals surface area contributed by atoms with Crippen molar-refractivity contribution in [1.29, 1.82) is 0 Å². The van der Waals surface area contributed by atoms with Crippen LogP contribution in [0.1, 0.15) is 6.92 Å². The monoisotopic (exact) mass is 334 g/mol. The van der Waals surface area contributed by atoms with Crippen molar-refractivity contribution < 1.29 is 9.53 Å². The topological polar surface area (TPSA) is 57.7 Å². The van der Waals surface area contributed by atoms with E-state index in [0.29, 0.717) is 6.54 Å². The Morgan fingerprint density at radius 3 is 2.83 bits per heavy atom. The maximum atomic E-state index is 10.9. The summed E-state index contributed by atoms with van der Waals surface area (Å²) in [5.74, 6) is 0.867. The molecule has 1 fully saturated rings. The van der Waals surface area contributed by atoms with Gasteiger partial charge >= 0.3 is 0 Å². The molecular weight excluding hydrogens is 312 g/mol. The lowest BCUT2D eigenvalue weighted by Gasteiger charge is -2.34. The van der Waals surface area contributed by atoms with Gasteiger partial charge in [0.2, 0.25) is 5.91 Å². The number of hydrogen-bond acceptors (Lipinski definition) is 6. The Balaban J connectivity index is 1.60. The van der Waals surface area contributed by atoms with E-state index in [-0.39, 0.29) is 5.91 Å². The first-order valence-corrected chi connectivity index (χ1v) is 8.64. The fourth-order valence-corrected chi connectivity index (χ4v) is 3.80. The van der Waals surface area contributed by atoms with Gasteiger partial charge in [0.15, 0.2) is 5.13 Å². The van der Waals surface area contributed by atoms with Gasteiger partial charge in [-0.3, -0.25) is 9.69 Å². The number of ether oxygens (including phenoxy) is 1. The highest BCUT2D eigenvalue weighted by Gasteiger charge is 2.20. The standard InChI is InChI=1S/C16H22N4O2S/c1-12(21)17-6-7-19-8-10-20(11-9-19)16-18-15-13(22-2)4-3-5-14(15)23-16/h3-5H,6-11H2,1-2H3,(H,17,21). The van der Waals surface area contributed by atoms with Gasteiger partial charge in [0, 0.05) is 46.2 Å². The van der Waals surface area contributed by atoms with Crippen LogP contribution in [0, 0.1) is 0 Å². The molecule has 1 aromatic heterocycles. The average Bonchev–Trinajstić information content (AvgIpc) is 2.99. The summed E-state index contributed by atoms with van der Waals surface area (Å²) >= 11 is 1.72. The lowest BCUT2D eigenvalue weighted by Crippen LogP contribution is -2.48. The number of carbonyl (C=O) groups is 1. The number of rotatable bonds is 5. The van der Waals surface area contributed by atoms with Gasteiger partial charge in [0.25, 0.3) is 0 Å². The summed E-state index contributed by atoms with van der Waals surface area (Å²) < 4.78 is 6.55. The van der Waals surface area contributed by atoms with Gasteiger partial charge < -0.3 is 15.0 Å². The molecule has 7 heteroatoms. The number of aromatic nitrogens is 1. The van der Waals surface area contributed by atoms with Crippen LogP contribution in [0.2, 0.25) is 0 Å². The van der Waals surface area contributed by atoms with Gasteiger partial charge in [-0.05, 0) is 12.1 Å². The average molecular weight is 334 g/mol. The predicted molar refractivity (Wildman–Crippen MR) is 93.5 cm³/mol. The van der Waals surface area contributed by atoms with E-state index < -0.39 is 0 Å². The van der Waals surface area contributed by atoms with Crippen molar-refractivity contribution in [1.82, 2.24) is 15.2 Å². The number of nitrogens with one attached hydrogen (secondary N) is 1. The Bertz CT molecular complexity index is 680. The summed E-state index contributed by atoms with van der Waals surface area (Å²) in [6, 6.07) is 6.04. The number of amides is 1. The Labute approximate surface area is 140 Å². The molecule has 0 atom stereocenters. The zero-order valence-electron chi connectivity index (χ0n) is 13.5. The van der Waals surface area contributed by atoms with Gasteiger partial charge in [-0.2, -0.15) is 0 Å². The van der Waals surface area contributed by atoms with E-state index in [0.717, 1.165) is 53.8 Å². The zero-order chi connectivity index (χ0) is 16.2. The first-order valence-electron chi connectivity index (χ1n) is 7.82. The third-order valence-electron chi connectivity index (χ3n) is 4.04. The first kappa shape index (κ1) is 16.0. The van der Waals surface area contributed by atoms with E-state index in [9.17, 15) is 4.79 Å². The van der Waals surface area contributed by atoms with Gasteiger partial charge in [0.1, 0.15) is 11.3 Å². The van der Waals surface area contributed by atoms with E-state index in [4.69, 9.17) is 9.72 Å². The number of benzene rings is 1. The van der Waals surface area contributed by atoms with Gasteiger partial charge in [-0.25, -0.2) is 4.98 Å². The molecule has 0 unspecified atom stereocenters. The first-order chi connectivity index (χ1) is 11.2. The van der Waals surface area contributed by atoms with Crippen molar-refractivity contribution in [2.24, 2.45) is 0 Å². The normalized spacial score (nSPS) is 15.8. The molecule has 1 N–H and O–H groups in total. The molecule has 0 spiro atoms. The number of anilines is 1. The third-order valence-corrected chi connectivity index (χ3v) is 5.12. The smallest absolute Gasteiger partial charge is 0.216 e. The van der Waals surface area contributed by atoms with Crippen LogP contribution in [0.4, 0.5) is 5.13 Å². The number of methoxy groups -OCH3 is 1. The predicted octanol–water partition coefficient (Wildman–Crippen LogP) is 1.56. The Morgan fingerprint density at radius 2 is 2.13 bits per heavy atom. The molecule has 124 valence electrons. The van der Waals surface area contributed by atoms with Crippen molar-refractivity contribution in [3.05, 3.63) is 18.2 Å². The number of nitrogens with zero attached hydrogens (tertiary/aromatic N) is 3. The molecule has 1 aliphatic rings. The highest BCUT2D eigenvalue weighted by atomic mass is 32.1. The summed E-state index contributed by atoms with van der Waals surface area (Å²) in [6.07, 6.45) is 0. The summed E-state index contributed by atoms with van der Waals surface area (Å²) in [6.45, 7) is 7.08. The van der Waals surface area contributed by atoms with Crippen LogP contribution in [0.15, 0.2) is 18.2 Å². The molecule has 2 heterocycles. The second-order valence-corrected chi connectivity index (χ2v) is 6.62. The highest BCUT2D eigenvalue weighted by Crippen LogP contribution is 2.34. The molecule has 0 radical (unpaired) electrons. The van der Waals surface area contributed by atoms with Crippen LogP contribution in [-0.2, 0) is 4.79 Å². The zero-order valence-corrected chi connectivity index (χ0v) is 14.4. The molecule has 0 saturated carbocycles. The Morgan fingerprint density at radius 1 is 1.35 bits per heavy atom. The minimum atomic E-state index is 0.0343. The van der Waals surface area contributed by atoms with Gasteiger partial charge in [-0.15, -0.1) is 0 Å². The molecule has 1 aromatic carbocycles. The largest absolute Gasteiger partial charge is 0.494 e. The molecule has 23 heavy (non-hydrogen) atoms. The summed E-state index contributed by atoms with van der Waals surface area (Å²) in [7, 11) is 1.68. The van der Waals surface area contributed by atoms with Crippen molar-refractivity contribution >= 4 is 32.6 Å². The molecule has 1 aliphatic heterocycles. The lowest BCUT2D eigenvalue weighted by molar-refractivity contribution is -0.119. The second-order valence-electron chi connectivity index (χ2n) is 5.62. The number of piperazine rings is 1.